The lowest BCUT2D eigenvalue weighted by molar-refractivity contribution is -0.138. The summed E-state index contributed by atoms with van der Waals surface area (Å²) in [5.74, 6) is 0.713. The number of rotatable bonds is 7. The Kier molecular flexibility index (Phi) is 10.9. The van der Waals surface area contributed by atoms with Gasteiger partial charge in [-0.1, -0.05) is 13.0 Å². The molecule has 1 aliphatic heterocycles. The van der Waals surface area contributed by atoms with Crippen molar-refractivity contribution in [2.24, 2.45) is 4.99 Å². The molecule has 1 saturated heterocycles. The number of carbonyl (C=O) groups is 1. The second-order valence-electron chi connectivity index (χ2n) is 7.50. The van der Waals surface area contributed by atoms with E-state index < -0.39 is 11.7 Å². The lowest BCUT2D eigenvalue weighted by Crippen LogP contribution is -2.45. The quantitative estimate of drug-likeness (QED) is 0.301. The summed E-state index contributed by atoms with van der Waals surface area (Å²) in [6.07, 6.45) is -3.49. The number of hydrogen-bond acceptors (Lipinski definition) is 3. The molecule has 31 heavy (non-hydrogen) atoms. The Balaban J connectivity index is 0.00000480. The van der Waals surface area contributed by atoms with Crippen molar-refractivity contribution in [3.05, 3.63) is 29.3 Å². The average Bonchev–Trinajstić information content (AvgIpc) is 3.13. The summed E-state index contributed by atoms with van der Waals surface area (Å²) in [4.78, 5) is 18.0. The molecule has 2 rings (SSSR count). The number of alkyl halides is 3. The molecule has 0 aromatic heterocycles. The molecule has 10 heteroatoms. The summed E-state index contributed by atoms with van der Waals surface area (Å²) in [5.41, 5.74) is -0.675. The summed E-state index contributed by atoms with van der Waals surface area (Å²) in [7, 11) is 0. The molecule has 0 bridgehead atoms. The first-order valence-electron chi connectivity index (χ1n) is 10.3. The zero-order valence-electron chi connectivity index (χ0n) is 18.4. The number of carbonyl (C=O) groups excluding carboxylic acids is 1. The Morgan fingerprint density at radius 1 is 1.32 bits per heavy atom. The Morgan fingerprint density at radius 2 is 2.03 bits per heavy atom. The molecule has 1 atom stereocenters. The fourth-order valence-corrected chi connectivity index (χ4v) is 3.31. The van der Waals surface area contributed by atoms with Crippen LogP contribution in [0, 0.1) is 0 Å². The van der Waals surface area contributed by atoms with Crippen molar-refractivity contribution in [1.29, 1.82) is 0 Å². The van der Waals surface area contributed by atoms with Crippen LogP contribution < -0.4 is 15.4 Å². The van der Waals surface area contributed by atoms with E-state index in [1.165, 1.54) is 12.1 Å². The first-order chi connectivity index (χ1) is 14.1. The molecule has 0 aliphatic carbocycles. The van der Waals surface area contributed by atoms with Crippen molar-refractivity contribution in [3.63, 3.8) is 0 Å². The normalized spacial score (nSPS) is 16.8. The molecular weight excluding hydrogens is 524 g/mol. The third-order valence-corrected chi connectivity index (χ3v) is 4.69. The van der Waals surface area contributed by atoms with E-state index in [1.807, 2.05) is 13.8 Å². The fourth-order valence-electron chi connectivity index (χ4n) is 3.31. The van der Waals surface area contributed by atoms with Gasteiger partial charge >= 0.3 is 6.18 Å². The minimum absolute atomic E-state index is 0. The number of likely N-dealkylation sites (tertiary alicyclic amines) is 1. The van der Waals surface area contributed by atoms with Crippen LogP contribution in [0.15, 0.2) is 23.2 Å². The van der Waals surface area contributed by atoms with Crippen LogP contribution in [-0.4, -0.2) is 48.5 Å². The number of nitrogens with zero attached hydrogens (tertiary/aromatic N) is 2. The molecule has 0 saturated carbocycles. The summed E-state index contributed by atoms with van der Waals surface area (Å²) < 4.78 is 46.0. The number of nitrogens with one attached hydrogen (secondary N) is 2. The van der Waals surface area contributed by atoms with Crippen molar-refractivity contribution in [1.82, 2.24) is 15.5 Å². The van der Waals surface area contributed by atoms with Crippen LogP contribution in [0.3, 0.4) is 0 Å². The zero-order valence-corrected chi connectivity index (χ0v) is 20.7. The number of aliphatic imine (C=N–C) groups is 1. The summed E-state index contributed by atoms with van der Waals surface area (Å²) in [6.45, 7) is 8.91. The van der Waals surface area contributed by atoms with E-state index in [-0.39, 0.29) is 59.9 Å². The standard InChI is InChI=1S/C21H31F3N4O2.HI/c1-5-19(29)28-10-9-16(13-28)27-20(25-6-2)26-12-15-7-8-17(30-14(3)4)11-18(15)21(22,23)24;/h7-8,11,14,16H,5-6,9-10,12-13H2,1-4H3,(H2,25,26,27);1H. The molecule has 0 radical (unpaired) electrons. The van der Waals surface area contributed by atoms with Gasteiger partial charge in [0.2, 0.25) is 5.91 Å². The van der Waals surface area contributed by atoms with Gasteiger partial charge in [0, 0.05) is 32.1 Å². The number of hydrogen-bond donors (Lipinski definition) is 2. The summed E-state index contributed by atoms with van der Waals surface area (Å²) in [5, 5.41) is 6.29. The van der Waals surface area contributed by atoms with Gasteiger partial charge in [-0.25, -0.2) is 4.99 Å². The minimum atomic E-state index is -4.50. The molecule has 2 N–H and O–H groups in total. The third-order valence-electron chi connectivity index (χ3n) is 4.69. The van der Waals surface area contributed by atoms with E-state index >= 15 is 0 Å². The maximum atomic E-state index is 13.5. The molecule has 1 aliphatic rings. The lowest BCUT2D eigenvalue weighted by Gasteiger charge is -2.19. The molecule has 1 fully saturated rings. The van der Waals surface area contributed by atoms with Gasteiger partial charge in [0.15, 0.2) is 5.96 Å². The number of benzene rings is 1. The van der Waals surface area contributed by atoms with Crippen LogP contribution in [-0.2, 0) is 17.5 Å². The molecule has 6 nitrogen and oxygen atoms in total. The van der Waals surface area contributed by atoms with Gasteiger partial charge in [-0.3, -0.25) is 4.79 Å². The predicted molar refractivity (Wildman–Crippen MR) is 126 cm³/mol. The minimum Gasteiger partial charge on any atom is -0.491 e. The maximum Gasteiger partial charge on any atom is 0.416 e. The average molecular weight is 556 g/mol. The zero-order chi connectivity index (χ0) is 22.3. The van der Waals surface area contributed by atoms with Gasteiger partial charge in [0.1, 0.15) is 5.75 Å². The SMILES string of the molecule is CCNC(=NCc1ccc(OC(C)C)cc1C(F)(F)F)NC1CCN(C(=O)CC)C1.I. The Bertz CT molecular complexity index is 757. The molecule has 1 unspecified atom stereocenters. The van der Waals surface area contributed by atoms with Crippen LogP contribution >= 0.6 is 24.0 Å². The number of guanidine groups is 1. The molecule has 176 valence electrons. The van der Waals surface area contributed by atoms with Gasteiger partial charge < -0.3 is 20.3 Å². The van der Waals surface area contributed by atoms with E-state index in [1.54, 1.807) is 18.7 Å². The lowest BCUT2D eigenvalue weighted by atomic mass is 10.1. The summed E-state index contributed by atoms with van der Waals surface area (Å²) >= 11 is 0. The number of amides is 1. The highest BCUT2D eigenvalue weighted by molar-refractivity contribution is 14.0. The smallest absolute Gasteiger partial charge is 0.416 e. The van der Waals surface area contributed by atoms with Crippen molar-refractivity contribution >= 4 is 35.8 Å². The molecule has 1 heterocycles. The van der Waals surface area contributed by atoms with E-state index in [9.17, 15) is 18.0 Å². The molecular formula is C21H32F3IN4O2. The highest BCUT2D eigenvalue weighted by atomic mass is 127. The third kappa shape index (κ3) is 8.38. The fraction of sp³-hybridized carbons (Fsp3) is 0.619. The molecule has 0 spiro atoms. The van der Waals surface area contributed by atoms with Gasteiger partial charge in [-0.15, -0.1) is 24.0 Å². The summed E-state index contributed by atoms with van der Waals surface area (Å²) in [6, 6.07) is 3.98. The van der Waals surface area contributed by atoms with E-state index in [0.29, 0.717) is 32.0 Å². The first kappa shape index (κ1) is 27.3. The second kappa shape index (κ2) is 12.4. The van der Waals surface area contributed by atoms with Crippen LogP contribution in [0.5, 0.6) is 5.75 Å². The predicted octanol–water partition coefficient (Wildman–Crippen LogP) is 4.18. The Labute approximate surface area is 199 Å². The topological polar surface area (TPSA) is 66.0 Å². The number of ether oxygens (including phenoxy) is 1. The second-order valence-corrected chi connectivity index (χ2v) is 7.50. The van der Waals surface area contributed by atoms with Gasteiger partial charge in [0.25, 0.3) is 0 Å². The van der Waals surface area contributed by atoms with Crippen LogP contribution in [0.4, 0.5) is 13.2 Å². The monoisotopic (exact) mass is 556 g/mol. The Morgan fingerprint density at radius 3 is 2.61 bits per heavy atom. The van der Waals surface area contributed by atoms with Crippen LogP contribution in [0.2, 0.25) is 0 Å². The maximum absolute atomic E-state index is 13.5. The van der Waals surface area contributed by atoms with Gasteiger partial charge in [-0.2, -0.15) is 13.2 Å². The van der Waals surface area contributed by atoms with Gasteiger partial charge in [0.05, 0.1) is 18.2 Å². The Hall–Kier alpha value is -1.72. The van der Waals surface area contributed by atoms with Crippen molar-refractivity contribution < 1.29 is 22.7 Å². The van der Waals surface area contributed by atoms with E-state index in [0.717, 1.165) is 12.5 Å². The first-order valence-corrected chi connectivity index (χ1v) is 10.3. The van der Waals surface area contributed by atoms with Gasteiger partial charge in [-0.05, 0) is 44.9 Å². The van der Waals surface area contributed by atoms with Crippen molar-refractivity contribution in [2.75, 3.05) is 19.6 Å². The van der Waals surface area contributed by atoms with Crippen LogP contribution in [0.1, 0.15) is 51.7 Å². The highest BCUT2D eigenvalue weighted by Gasteiger charge is 2.34. The van der Waals surface area contributed by atoms with Crippen molar-refractivity contribution in [2.45, 2.75) is 65.4 Å². The number of halogens is 4. The highest BCUT2D eigenvalue weighted by Crippen LogP contribution is 2.35. The largest absolute Gasteiger partial charge is 0.491 e. The molecule has 1 aromatic carbocycles. The van der Waals surface area contributed by atoms with E-state index in [2.05, 4.69) is 15.6 Å². The van der Waals surface area contributed by atoms with Crippen molar-refractivity contribution in [3.8, 4) is 5.75 Å². The van der Waals surface area contributed by atoms with E-state index in [4.69, 9.17) is 4.74 Å². The molecule has 1 aromatic rings. The van der Waals surface area contributed by atoms with Crippen LogP contribution in [0.25, 0.3) is 0 Å². The molecule has 1 amide bonds.